The molecule has 0 bridgehead atoms. The van der Waals surface area contributed by atoms with Crippen LogP contribution in [0.25, 0.3) is 11.5 Å². The quantitative estimate of drug-likeness (QED) is 0.745. The largest absolute Gasteiger partial charge is 0.485 e. The molecule has 122 valence electrons. The third-order valence-corrected chi connectivity index (χ3v) is 3.70. The standard InChI is InChI=1S/C16H11Cl2N3O3/c17-9-5-6-13(11(7-9)15(19)22)23-8-14-20-16(24-21-14)10-3-1-2-4-12(10)18/h1-7H,8H2,(H2,19,22). The molecule has 0 aliphatic rings. The van der Waals surface area contributed by atoms with Crippen molar-refractivity contribution in [1.82, 2.24) is 10.1 Å². The fraction of sp³-hybridized carbons (Fsp3) is 0.0625. The number of ether oxygens (including phenoxy) is 1. The Labute approximate surface area is 147 Å². The van der Waals surface area contributed by atoms with E-state index in [1.54, 1.807) is 30.3 Å². The third-order valence-electron chi connectivity index (χ3n) is 3.14. The SMILES string of the molecule is NC(=O)c1cc(Cl)ccc1OCc1noc(-c2ccccc2Cl)n1. The first-order chi connectivity index (χ1) is 11.5. The van der Waals surface area contributed by atoms with Crippen LogP contribution in [0.2, 0.25) is 10.0 Å². The summed E-state index contributed by atoms with van der Waals surface area (Å²) in [7, 11) is 0. The highest BCUT2D eigenvalue weighted by atomic mass is 35.5. The highest BCUT2D eigenvalue weighted by molar-refractivity contribution is 6.33. The van der Waals surface area contributed by atoms with Crippen LogP contribution in [0, 0.1) is 0 Å². The van der Waals surface area contributed by atoms with Crippen LogP contribution in [-0.2, 0) is 6.61 Å². The lowest BCUT2D eigenvalue weighted by Crippen LogP contribution is -2.13. The summed E-state index contributed by atoms with van der Waals surface area (Å²) in [5, 5.41) is 4.72. The lowest BCUT2D eigenvalue weighted by molar-refractivity contribution is 0.0995. The highest BCUT2D eigenvalue weighted by Crippen LogP contribution is 2.27. The Hall–Kier alpha value is -2.57. The molecule has 24 heavy (non-hydrogen) atoms. The van der Waals surface area contributed by atoms with Crippen molar-refractivity contribution in [3.63, 3.8) is 0 Å². The predicted molar refractivity (Wildman–Crippen MR) is 89.0 cm³/mol. The molecule has 1 aromatic heterocycles. The molecule has 0 unspecified atom stereocenters. The van der Waals surface area contributed by atoms with E-state index in [-0.39, 0.29) is 23.8 Å². The molecule has 0 saturated carbocycles. The van der Waals surface area contributed by atoms with Crippen molar-refractivity contribution < 1.29 is 14.1 Å². The van der Waals surface area contributed by atoms with Gasteiger partial charge in [0, 0.05) is 5.02 Å². The molecule has 0 aliphatic carbocycles. The van der Waals surface area contributed by atoms with Crippen molar-refractivity contribution >= 4 is 29.1 Å². The van der Waals surface area contributed by atoms with Gasteiger partial charge in [0.1, 0.15) is 5.75 Å². The molecule has 0 fully saturated rings. The molecule has 1 amide bonds. The zero-order chi connectivity index (χ0) is 17.1. The highest BCUT2D eigenvalue weighted by Gasteiger charge is 2.14. The fourth-order valence-corrected chi connectivity index (χ4v) is 2.41. The van der Waals surface area contributed by atoms with E-state index in [0.29, 0.717) is 21.4 Å². The monoisotopic (exact) mass is 363 g/mol. The predicted octanol–water partition coefficient (Wildman–Crippen LogP) is 3.72. The van der Waals surface area contributed by atoms with Crippen molar-refractivity contribution in [2.45, 2.75) is 6.61 Å². The minimum atomic E-state index is -0.641. The number of nitrogens with zero attached hydrogens (tertiary/aromatic N) is 2. The van der Waals surface area contributed by atoms with E-state index in [0.717, 1.165) is 0 Å². The molecule has 6 nitrogen and oxygen atoms in total. The van der Waals surface area contributed by atoms with E-state index in [4.69, 9.17) is 38.2 Å². The van der Waals surface area contributed by atoms with Gasteiger partial charge in [0.05, 0.1) is 16.1 Å². The Morgan fingerprint density at radius 3 is 2.75 bits per heavy atom. The van der Waals surface area contributed by atoms with Gasteiger partial charge in [-0.3, -0.25) is 4.79 Å². The maximum absolute atomic E-state index is 11.4. The number of benzene rings is 2. The number of hydrogen-bond acceptors (Lipinski definition) is 5. The van der Waals surface area contributed by atoms with Crippen LogP contribution in [0.3, 0.4) is 0 Å². The van der Waals surface area contributed by atoms with E-state index in [1.165, 1.54) is 6.07 Å². The third kappa shape index (κ3) is 3.50. The molecule has 3 rings (SSSR count). The first-order valence-corrected chi connectivity index (χ1v) is 7.60. The first kappa shape index (κ1) is 16.3. The fourth-order valence-electron chi connectivity index (χ4n) is 2.02. The summed E-state index contributed by atoms with van der Waals surface area (Å²) in [5.74, 6) is 0.231. The number of carbonyl (C=O) groups excluding carboxylic acids is 1. The second kappa shape index (κ2) is 6.90. The molecule has 0 spiro atoms. The van der Waals surface area contributed by atoms with Crippen LogP contribution in [0.4, 0.5) is 0 Å². The lowest BCUT2D eigenvalue weighted by Gasteiger charge is -2.07. The molecular weight excluding hydrogens is 353 g/mol. The number of aromatic nitrogens is 2. The Morgan fingerprint density at radius 2 is 2.00 bits per heavy atom. The van der Waals surface area contributed by atoms with Gasteiger partial charge in [-0.05, 0) is 30.3 Å². The number of rotatable bonds is 5. The summed E-state index contributed by atoms with van der Waals surface area (Å²) in [6.45, 7) is -0.00410. The van der Waals surface area contributed by atoms with Gasteiger partial charge in [-0.25, -0.2) is 0 Å². The van der Waals surface area contributed by atoms with E-state index in [2.05, 4.69) is 10.1 Å². The van der Waals surface area contributed by atoms with Gasteiger partial charge in [-0.15, -0.1) is 0 Å². The maximum Gasteiger partial charge on any atom is 0.259 e. The van der Waals surface area contributed by atoms with Crippen molar-refractivity contribution in [2.75, 3.05) is 0 Å². The minimum Gasteiger partial charge on any atom is -0.485 e. The van der Waals surface area contributed by atoms with Crippen molar-refractivity contribution in [3.8, 4) is 17.2 Å². The maximum atomic E-state index is 11.4. The molecule has 0 saturated heterocycles. The van der Waals surface area contributed by atoms with Crippen LogP contribution in [0.1, 0.15) is 16.2 Å². The van der Waals surface area contributed by atoms with Crippen LogP contribution < -0.4 is 10.5 Å². The number of nitrogens with two attached hydrogens (primary N) is 1. The average Bonchev–Trinajstić information content (AvgIpc) is 3.02. The van der Waals surface area contributed by atoms with Gasteiger partial charge < -0.3 is 15.0 Å². The minimum absolute atomic E-state index is 0.00410. The average molecular weight is 364 g/mol. The molecule has 2 aromatic carbocycles. The number of amides is 1. The summed E-state index contributed by atoms with van der Waals surface area (Å²) in [6.07, 6.45) is 0. The van der Waals surface area contributed by atoms with Gasteiger partial charge in [0.2, 0.25) is 5.82 Å². The smallest absolute Gasteiger partial charge is 0.259 e. The summed E-state index contributed by atoms with van der Waals surface area (Å²) >= 11 is 11.9. The van der Waals surface area contributed by atoms with Crippen LogP contribution >= 0.6 is 23.2 Å². The van der Waals surface area contributed by atoms with Crippen molar-refractivity contribution in [2.24, 2.45) is 5.73 Å². The van der Waals surface area contributed by atoms with Gasteiger partial charge in [0.15, 0.2) is 6.61 Å². The summed E-state index contributed by atoms with van der Waals surface area (Å²) in [6, 6.07) is 11.7. The van der Waals surface area contributed by atoms with E-state index < -0.39 is 5.91 Å². The topological polar surface area (TPSA) is 91.2 Å². The summed E-state index contributed by atoms with van der Waals surface area (Å²) in [5.41, 5.74) is 6.11. The zero-order valence-electron chi connectivity index (χ0n) is 12.2. The molecule has 0 aliphatic heterocycles. The lowest BCUT2D eigenvalue weighted by atomic mass is 10.2. The number of hydrogen-bond donors (Lipinski definition) is 1. The molecule has 0 atom stereocenters. The van der Waals surface area contributed by atoms with Crippen molar-refractivity contribution in [1.29, 1.82) is 0 Å². The number of primary amides is 1. The Balaban J connectivity index is 1.77. The van der Waals surface area contributed by atoms with Gasteiger partial charge in [-0.1, -0.05) is 40.5 Å². The van der Waals surface area contributed by atoms with E-state index in [9.17, 15) is 4.79 Å². The Bertz CT molecular complexity index is 896. The zero-order valence-corrected chi connectivity index (χ0v) is 13.7. The first-order valence-electron chi connectivity index (χ1n) is 6.84. The van der Waals surface area contributed by atoms with Crippen LogP contribution in [0.5, 0.6) is 5.75 Å². The van der Waals surface area contributed by atoms with Crippen molar-refractivity contribution in [3.05, 3.63) is 63.9 Å². The molecule has 2 N–H and O–H groups in total. The van der Waals surface area contributed by atoms with Gasteiger partial charge in [-0.2, -0.15) is 4.98 Å². The van der Waals surface area contributed by atoms with Crippen LogP contribution in [-0.4, -0.2) is 16.0 Å². The van der Waals surface area contributed by atoms with Gasteiger partial charge in [0.25, 0.3) is 11.8 Å². The molecular formula is C16H11Cl2N3O3. The summed E-state index contributed by atoms with van der Waals surface area (Å²) < 4.78 is 10.7. The number of carbonyl (C=O) groups is 1. The Kier molecular flexibility index (Phi) is 4.69. The van der Waals surface area contributed by atoms with E-state index in [1.807, 2.05) is 6.07 Å². The second-order valence-electron chi connectivity index (χ2n) is 4.79. The van der Waals surface area contributed by atoms with Gasteiger partial charge >= 0.3 is 0 Å². The molecule has 3 aromatic rings. The summed E-state index contributed by atoms with van der Waals surface area (Å²) in [4.78, 5) is 15.7. The Morgan fingerprint density at radius 1 is 1.21 bits per heavy atom. The second-order valence-corrected chi connectivity index (χ2v) is 5.63. The van der Waals surface area contributed by atoms with Crippen LogP contribution in [0.15, 0.2) is 47.0 Å². The van der Waals surface area contributed by atoms with E-state index >= 15 is 0 Å². The molecule has 0 radical (unpaired) electrons. The number of halogens is 2. The normalized spacial score (nSPS) is 10.6. The molecule has 8 heteroatoms. The molecule has 1 heterocycles.